The molecule has 2 aromatic heterocycles. The Labute approximate surface area is 210 Å². The van der Waals surface area contributed by atoms with E-state index in [0.29, 0.717) is 21.9 Å². The van der Waals surface area contributed by atoms with E-state index < -0.39 is 29.5 Å². The minimum absolute atomic E-state index is 0.145. The zero-order valence-electron chi connectivity index (χ0n) is 20.0. The van der Waals surface area contributed by atoms with E-state index in [9.17, 15) is 22.4 Å². The van der Waals surface area contributed by atoms with Crippen molar-refractivity contribution in [3.63, 3.8) is 0 Å². The molecule has 11 heteroatoms. The number of nitrogens with zero attached hydrogens (tertiary/aromatic N) is 3. The molecule has 3 heterocycles. The molecule has 0 aliphatic carbocycles. The Morgan fingerprint density at radius 2 is 1.97 bits per heavy atom. The summed E-state index contributed by atoms with van der Waals surface area (Å²) in [5.74, 6) is -0.124. The number of amides is 1. The molecule has 0 radical (unpaired) electrons. The van der Waals surface area contributed by atoms with Gasteiger partial charge in [0, 0.05) is 41.5 Å². The summed E-state index contributed by atoms with van der Waals surface area (Å²) in [7, 11) is 1.82. The Bertz CT molecular complexity index is 1220. The van der Waals surface area contributed by atoms with Gasteiger partial charge in [-0.05, 0) is 50.2 Å². The maximum absolute atomic E-state index is 14.7. The molecule has 0 spiro atoms. The summed E-state index contributed by atoms with van der Waals surface area (Å²) in [6.45, 7) is 4.06. The van der Waals surface area contributed by atoms with E-state index in [-0.39, 0.29) is 25.3 Å². The van der Waals surface area contributed by atoms with Crippen molar-refractivity contribution in [1.82, 2.24) is 20.2 Å². The van der Waals surface area contributed by atoms with Crippen molar-refractivity contribution in [3.05, 3.63) is 64.4 Å². The highest BCUT2D eigenvalue weighted by Crippen LogP contribution is 2.32. The van der Waals surface area contributed by atoms with E-state index in [2.05, 4.69) is 15.3 Å². The molecule has 1 aliphatic heterocycles. The van der Waals surface area contributed by atoms with E-state index in [1.54, 1.807) is 25.3 Å². The SMILES string of the molecule is CCc1cnc(-c2cc(OCC3(F)CN(C)C3)cc(C(=O)NC(C)c3ccc(C(F)(F)F)nc3)c2)s1. The number of nitrogens with one attached hydrogen (secondary N) is 1. The van der Waals surface area contributed by atoms with Gasteiger partial charge in [-0.25, -0.2) is 9.37 Å². The molecule has 1 fully saturated rings. The van der Waals surface area contributed by atoms with Crippen LogP contribution in [0.1, 0.15) is 46.4 Å². The van der Waals surface area contributed by atoms with Crippen molar-refractivity contribution in [2.45, 2.75) is 38.2 Å². The molecule has 1 N–H and O–H groups in total. The molecule has 36 heavy (non-hydrogen) atoms. The molecule has 192 valence electrons. The molecule has 1 saturated heterocycles. The lowest BCUT2D eigenvalue weighted by Crippen LogP contribution is -2.60. The van der Waals surface area contributed by atoms with Crippen LogP contribution < -0.4 is 10.1 Å². The van der Waals surface area contributed by atoms with Crippen LogP contribution in [0.3, 0.4) is 0 Å². The van der Waals surface area contributed by atoms with Crippen molar-refractivity contribution < 1.29 is 27.1 Å². The average Bonchev–Trinajstić information content (AvgIpc) is 3.31. The van der Waals surface area contributed by atoms with Gasteiger partial charge in [-0.3, -0.25) is 14.7 Å². The summed E-state index contributed by atoms with van der Waals surface area (Å²) in [5, 5.41) is 3.48. The molecule has 1 aliphatic rings. The second-order valence-electron chi connectivity index (χ2n) is 9.01. The Kier molecular flexibility index (Phi) is 7.33. The number of ether oxygens (including phenoxy) is 1. The molecule has 1 unspecified atom stereocenters. The van der Waals surface area contributed by atoms with E-state index >= 15 is 0 Å². The summed E-state index contributed by atoms with van der Waals surface area (Å²) in [4.78, 5) is 23.9. The van der Waals surface area contributed by atoms with Gasteiger partial charge in [-0.1, -0.05) is 13.0 Å². The third-order valence-electron chi connectivity index (χ3n) is 5.85. The number of aryl methyl sites for hydroxylation is 1. The van der Waals surface area contributed by atoms with Crippen LogP contribution in [0.5, 0.6) is 5.75 Å². The molecule has 6 nitrogen and oxygen atoms in total. The van der Waals surface area contributed by atoms with Crippen LogP contribution in [0.2, 0.25) is 0 Å². The number of halogens is 4. The van der Waals surface area contributed by atoms with Gasteiger partial charge in [0.25, 0.3) is 5.91 Å². The first kappa shape index (κ1) is 26.0. The summed E-state index contributed by atoms with van der Waals surface area (Å²) >= 11 is 1.49. The predicted octanol–water partition coefficient (Wildman–Crippen LogP) is 5.31. The van der Waals surface area contributed by atoms with Gasteiger partial charge in [-0.15, -0.1) is 11.3 Å². The molecule has 0 bridgehead atoms. The van der Waals surface area contributed by atoms with Crippen LogP contribution in [0.15, 0.2) is 42.7 Å². The number of likely N-dealkylation sites (tertiary alicyclic amines) is 1. The Balaban J connectivity index is 1.55. The molecule has 0 saturated carbocycles. The first-order valence-corrected chi connectivity index (χ1v) is 12.2. The zero-order chi connectivity index (χ0) is 26.1. The summed E-state index contributed by atoms with van der Waals surface area (Å²) < 4.78 is 58.9. The molecule has 1 aromatic carbocycles. The Morgan fingerprint density at radius 1 is 1.22 bits per heavy atom. The van der Waals surface area contributed by atoms with Gasteiger partial charge in [0.1, 0.15) is 23.1 Å². The number of rotatable bonds is 8. The van der Waals surface area contributed by atoms with Crippen LogP contribution in [0, 0.1) is 0 Å². The fourth-order valence-corrected chi connectivity index (χ4v) is 4.80. The predicted molar refractivity (Wildman–Crippen MR) is 129 cm³/mol. The monoisotopic (exact) mass is 522 g/mol. The highest BCUT2D eigenvalue weighted by Gasteiger charge is 2.42. The second-order valence-corrected chi connectivity index (χ2v) is 10.1. The maximum Gasteiger partial charge on any atom is 0.433 e. The molecular weight excluding hydrogens is 496 g/mol. The highest BCUT2D eigenvalue weighted by atomic mass is 32.1. The minimum Gasteiger partial charge on any atom is -0.490 e. The smallest absolute Gasteiger partial charge is 0.433 e. The molecule has 3 aromatic rings. The topological polar surface area (TPSA) is 67.3 Å². The van der Waals surface area contributed by atoms with Crippen molar-refractivity contribution in [2.75, 3.05) is 26.7 Å². The van der Waals surface area contributed by atoms with Crippen LogP contribution in [0.25, 0.3) is 10.6 Å². The van der Waals surface area contributed by atoms with Gasteiger partial charge in [-0.2, -0.15) is 13.2 Å². The van der Waals surface area contributed by atoms with Crippen LogP contribution >= 0.6 is 11.3 Å². The summed E-state index contributed by atoms with van der Waals surface area (Å²) in [6, 6.07) is 6.47. The van der Waals surface area contributed by atoms with Crippen molar-refractivity contribution in [3.8, 4) is 16.3 Å². The lowest BCUT2D eigenvalue weighted by atomic mass is 9.98. The number of benzene rings is 1. The summed E-state index contributed by atoms with van der Waals surface area (Å²) in [5.41, 5.74) is -1.11. The Morgan fingerprint density at radius 3 is 2.56 bits per heavy atom. The van der Waals surface area contributed by atoms with Crippen molar-refractivity contribution >= 4 is 17.2 Å². The van der Waals surface area contributed by atoms with Crippen LogP contribution in [-0.4, -0.2) is 53.2 Å². The van der Waals surface area contributed by atoms with E-state index in [4.69, 9.17) is 4.74 Å². The van der Waals surface area contributed by atoms with Crippen molar-refractivity contribution in [2.24, 2.45) is 0 Å². The standard InChI is InChI=1S/C25H26F4N4O2S/c1-4-20-11-31-23(36-20)18-7-17(8-19(9-18)35-14-24(26)12-33(3)13-24)22(34)32-15(2)16-5-6-21(30-10-16)25(27,28)29/h5-11,15H,4,12-14H2,1-3H3,(H,32,34). The third-order valence-corrected chi connectivity index (χ3v) is 7.04. The Hall–Kier alpha value is -3.05. The fourth-order valence-electron chi connectivity index (χ4n) is 3.96. The second kappa shape index (κ2) is 10.1. The number of pyridine rings is 1. The van der Waals surface area contributed by atoms with Gasteiger partial charge >= 0.3 is 6.18 Å². The quantitative estimate of drug-likeness (QED) is 0.406. The average molecular weight is 523 g/mol. The molecule has 1 amide bonds. The maximum atomic E-state index is 14.7. The van der Waals surface area contributed by atoms with Gasteiger partial charge in [0.05, 0.1) is 6.04 Å². The number of alkyl halides is 4. The van der Waals surface area contributed by atoms with E-state index in [1.807, 2.05) is 18.9 Å². The first-order chi connectivity index (χ1) is 17.0. The van der Waals surface area contributed by atoms with Crippen LogP contribution in [-0.2, 0) is 12.6 Å². The number of carbonyl (C=O) groups is 1. The number of thiazole rings is 1. The number of hydrogen-bond acceptors (Lipinski definition) is 6. The van der Waals surface area contributed by atoms with Gasteiger partial charge < -0.3 is 10.1 Å². The van der Waals surface area contributed by atoms with E-state index in [0.717, 1.165) is 23.6 Å². The number of aromatic nitrogens is 2. The van der Waals surface area contributed by atoms with Gasteiger partial charge in [0.2, 0.25) is 0 Å². The molecule has 4 rings (SSSR count). The summed E-state index contributed by atoms with van der Waals surface area (Å²) in [6.07, 6.45) is -0.856. The minimum atomic E-state index is -4.54. The fraction of sp³-hybridized carbons (Fsp3) is 0.400. The highest BCUT2D eigenvalue weighted by molar-refractivity contribution is 7.15. The number of hydrogen-bond donors (Lipinski definition) is 1. The van der Waals surface area contributed by atoms with E-state index in [1.165, 1.54) is 23.5 Å². The normalized spacial score (nSPS) is 16.3. The lowest BCUT2D eigenvalue weighted by molar-refractivity contribution is -0.141. The van der Waals surface area contributed by atoms with Crippen LogP contribution in [0.4, 0.5) is 17.6 Å². The molecule has 1 atom stereocenters. The lowest BCUT2D eigenvalue weighted by Gasteiger charge is -2.41. The first-order valence-electron chi connectivity index (χ1n) is 11.4. The largest absolute Gasteiger partial charge is 0.490 e. The van der Waals surface area contributed by atoms with Crippen molar-refractivity contribution in [1.29, 1.82) is 0 Å². The number of carbonyl (C=O) groups excluding carboxylic acids is 1. The molecular formula is C25H26F4N4O2S. The zero-order valence-corrected chi connectivity index (χ0v) is 20.8. The third kappa shape index (κ3) is 6.01. The van der Waals surface area contributed by atoms with Gasteiger partial charge in [0.15, 0.2) is 5.67 Å².